The van der Waals surface area contributed by atoms with E-state index >= 15 is 0 Å². The predicted molar refractivity (Wildman–Crippen MR) is 109 cm³/mol. The van der Waals surface area contributed by atoms with Crippen molar-refractivity contribution < 1.29 is 4.74 Å². The Kier molecular flexibility index (Phi) is 4.56. The van der Waals surface area contributed by atoms with E-state index in [0.29, 0.717) is 15.3 Å². The number of aromatic nitrogens is 3. The van der Waals surface area contributed by atoms with Gasteiger partial charge in [-0.1, -0.05) is 59.4 Å². The molecule has 4 aromatic rings. The number of hydrogen-bond donors (Lipinski definition) is 0. The zero-order valence-electron chi connectivity index (χ0n) is 14.9. The number of methoxy groups -OCH3 is 1. The average molecular weight is 375 g/mol. The highest BCUT2D eigenvalue weighted by atomic mass is 32.1. The first kappa shape index (κ1) is 17.2. The van der Waals surface area contributed by atoms with Crippen LogP contribution in [0.1, 0.15) is 22.5 Å². The Bertz CT molecular complexity index is 1220. The fourth-order valence-corrected chi connectivity index (χ4v) is 3.53. The van der Waals surface area contributed by atoms with E-state index in [1.165, 1.54) is 21.4 Å². The number of fused-ring (bicyclic) bond motifs is 1. The molecule has 0 saturated heterocycles. The molecule has 0 saturated carbocycles. The number of thiazole rings is 1. The Morgan fingerprint density at radius 1 is 1.00 bits per heavy atom. The Morgan fingerprint density at radius 2 is 1.70 bits per heavy atom. The van der Waals surface area contributed by atoms with Crippen LogP contribution < -0.4 is 14.8 Å². The van der Waals surface area contributed by atoms with Crippen LogP contribution in [0.15, 0.2) is 53.3 Å². The Labute approximate surface area is 159 Å². The lowest BCUT2D eigenvalue weighted by Gasteiger charge is -1.98. The summed E-state index contributed by atoms with van der Waals surface area (Å²) in [7, 11) is 1.64. The third-order valence-electron chi connectivity index (χ3n) is 4.11. The fraction of sp³-hybridized carbons (Fsp3) is 0.0952. The molecule has 6 heteroatoms. The van der Waals surface area contributed by atoms with Gasteiger partial charge in [-0.15, -0.1) is 5.10 Å². The Hall–Kier alpha value is -3.25. The third-order valence-corrected chi connectivity index (χ3v) is 5.07. The summed E-state index contributed by atoms with van der Waals surface area (Å²) in [5.41, 5.74) is 3.03. The summed E-state index contributed by atoms with van der Waals surface area (Å²) in [6.07, 6.45) is 5.57. The number of nitrogens with zero attached hydrogens (tertiary/aromatic N) is 3. The molecule has 0 aliphatic heterocycles. The van der Waals surface area contributed by atoms with Gasteiger partial charge in [0.1, 0.15) is 5.75 Å². The van der Waals surface area contributed by atoms with Crippen molar-refractivity contribution in [2.45, 2.75) is 6.92 Å². The Morgan fingerprint density at radius 3 is 2.37 bits per heavy atom. The van der Waals surface area contributed by atoms with Crippen LogP contribution in [-0.2, 0) is 0 Å². The van der Waals surface area contributed by atoms with Gasteiger partial charge in [0.05, 0.1) is 11.6 Å². The summed E-state index contributed by atoms with van der Waals surface area (Å²) in [5, 5.41) is 4.31. The second kappa shape index (κ2) is 7.17. The molecule has 0 amide bonds. The van der Waals surface area contributed by atoms with Gasteiger partial charge in [-0.3, -0.25) is 4.79 Å². The second-order valence-corrected chi connectivity index (χ2v) is 7.11. The lowest BCUT2D eigenvalue weighted by Crippen LogP contribution is -2.23. The maximum Gasteiger partial charge on any atom is 0.291 e. The number of aryl methyl sites for hydroxylation is 1. The van der Waals surface area contributed by atoms with Crippen molar-refractivity contribution in [1.82, 2.24) is 14.6 Å². The van der Waals surface area contributed by atoms with Crippen molar-refractivity contribution >= 4 is 34.5 Å². The van der Waals surface area contributed by atoms with Gasteiger partial charge in [-0.05, 0) is 42.3 Å². The van der Waals surface area contributed by atoms with Crippen molar-refractivity contribution in [3.63, 3.8) is 0 Å². The molecular formula is C21H17N3O2S. The monoisotopic (exact) mass is 375 g/mol. The first-order valence-electron chi connectivity index (χ1n) is 8.42. The van der Waals surface area contributed by atoms with Gasteiger partial charge in [-0.2, -0.15) is 9.50 Å². The summed E-state index contributed by atoms with van der Waals surface area (Å²) in [6.45, 7) is 2.03. The largest absolute Gasteiger partial charge is 0.497 e. The van der Waals surface area contributed by atoms with Gasteiger partial charge in [-0.25, -0.2) is 0 Å². The van der Waals surface area contributed by atoms with Gasteiger partial charge < -0.3 is 4.74 Å². The van der Waals surface area contributed by atoms with Gasteiger partial charge >= 0.3 is 0 Å². The molecule has 0 unspecified atom stereocenters. The molecule has 0 bridgehead atoms. The van der Waals surface area contributed by atoms with Crippen LogP contribution in [0.3, 0.4) is 0 Å². The molecule has 4 rings (SSSR count). The van der Waals surface area contributed by atoms with Crippen LogP contribution in [-0.4, -0.2) is 21.7 Å². The SMILES string of the molecule is COc1ccc(/C=C/c2nc3s/c(=C/c4ccc(C)cc4)c(=O)n3n2)cc1. The molecule has 2 aromatic carbocycles. The van der Waals surface area contributed by atoms with Crippen LogP contribution in [0, 0.1) is 6.92 Å². The van der Waals surface area contributed by atoms with Crippen molar-refractivity contribution in [3.05, 3.63) is 85.9 Å². The van der Waals surface area contributed by atoms with Gasteiger partial charge in [0.2, 0.25) is 4.96 Å². The number of benzene rings is 2. The van der Waals surface area contributed by atoms with E-state index in [2.05, 4.69) is 10.1 Å². The van der Waals surface area contributed by atoms with Gasteiger partial charge in [0.15, 0.2) is 5.82 Å². The molecule has 134 valence electrons. The van der Waals surface area contributed by atoms with Crippen LogP contribution in [0.2, 0.25) is 0 Å². The standard InChI is InChI=1S/C21H17N3O2S/c1-14-3-5-16(6-4-14)13-18-20(25)24-21(27-18)22-19(23-24)12-9-15-7-10-17(26-2)11-8-15/h3-13H,1-2H3/b12-9+,18-13+. The predicted octanol–water partition coefficient (Wildman–Crippen LogP) is 3.19. The van der Waals surface area contributed by atoms with Crippen LogP contribution in [0.4, 0.5) is 0 Å². The van der Waals surface area contributed by atoms with Crippen molar-refractivity contribution in [2.24, 2.45) is 0 Å². The number of ether oxygens (including phenoxy) is 1. The lowest BCUT2D eigenvalue weighted by molar-refractivity contribution is 0.415. The van der Waals surface area contributed by atoms with Gasteiger partial charge in [0, 0.05) is 0 Å². The zero-order valence-corrected chi connectivity index (χ0v) is 15.7. The first-order valence-corrected chi connectivity index (χ1v) is 9.24. The minimum absolute atomic E-state index is 0.146. The van der Waals surface area contributed by atoms with E-state index in [1.807, 2.05) is 67.6 Å². The highest BCUT2D eigenvalue weighted by molar-refractivity contribution is 7.15. The van der Waals surface area contributed by atoms with Crippen molar-refractivity contribution in [3.8, 4) is 5.75 Å². The number of rotatable bonds is 4. The third kappa shape index (κ3) is 3.66. The second-order valence-electron chi connectivity index (χ2n) is 6.10. The minimum Gasteiger partial charge on any atom is -0.497 e. The molecule has 0 spiro atoms. The van der Waals surface area contributed by atoms with Crippen LogP contribution in [0.5, 0.6) is 5.75 Å². The quantitative estimate of drug-likeness (QED) is 0.550. The van der Waals surface area contributed by atoms with E-state index in [9.17, 15) is 4.79 Å². The molecular weight excluding hydrogens is 358 g/mol. The zero-order chi connectivity index (χ0) is 18.8. The first-order chi connectivity index (χ1) is 13.1. The molecule has 0 radical (unpaired) electrons. The molecule has 2 heterocycles. The van der Waals surface area contributed by atoms with E-state index in [-0.39, 0.29) is 5.56 Å². The molecule has 0 atom stereocenters. The molecule has 0 N–H and O–H groups in total. The minimum atomic E-state index is -0.146. The lowest BCUT2D eigenvalue weighted by atomic mass is 10.1. The smallest absolute Gasteiger partial charge is 0.291 e. The molecule has 2 aromatic heterocycles. The molecule has 5 nitrogen and oxygen atoms in total. The highest BCUT2D eigenvalue weighted by Gasteiger charge is 2.08. The summed E-state index contributed by atoms with van der Waals surface area (Å²) in [5.74, 6) is 1.32. The summed E-state index contributed by atoms with van der Waals surface area (Å²) >= 11 is 1.34. The van der Waals surface area contributed by atoms with E-state index in [4.69, 9.17) is 4.74 Å². The van der Waals surface area contributed by atoms with E-state index < -0.39 is 0 Å². The van der Waals surface area contributed by atoms with Crippen molar-refractivity contribution in [1.29, 1.82) is 0 Å². The fourth-order valence-electron chi connectivity index (χ4n) is 2.62. The topological polar surface area (TPSA) is 56.5 Å². The Balaban J connectivity index is 1.62. The normalized spacial score (nSPS) is 12.3. The summed E-state index contributed by atoms with van der Waals surface area (Å²) in [4.78, 5) is 17.6. The molecule has 0 aliphatic rings. The molecule has 0 aliphatic carbocycles. The summed E-state index contributed by atoms with van der Waals surface area (Å²) < 4.78 is 7.13. The maximum atomic E-state index is 12.6. The molecule has 27 heavy (non-hydrogen) atoms. The van der Waals surface area contributed by atoms with Crippen LogP contribution >= 0.6 is 11.3 Å². The van der Waals surface area contributed by atoms with Gasteiger partial charge in [0.25, 0.3) is 5.56 Å². The van der Waals surface area contributed by atoms with Crippen molar-refractivity contribution in [2.75, 3.05) is 7.11 Å². The van der Waals surface area contributed by atoms with E-state index in [1.54, 1.807) is 13.2 Å². The summed E-state index contributed by atoms with van der Waals surface area (Å²) in [6, 6.07) is 15.7. The highest BCUT2D eigenvalue weighted by Crippen LogP contribution is 2.13. The van der Waals surface area contributed by atoms with E-state index in [0.717, 1.165) is 16.9 Å². The average Bonchev–Trinajstić information content (AvgIpc) is 3.21. The van der Waals surface area contributed by atoms with Crippen LogP contribution in [0.25, 0.3) is 23.2 Å². The molecule has 0 fully saturated rings. The number of hydrogen-bond acceptors (Lipinski definition) is 5. The maximum absolute atomic E-state index is 12.6.